The smallest absolute Gasteiger partial charge is 0.275 e. The Morgan fingerprint density at radius 1 is 1.30 bits per heavy atom. The van der Waals surface area contributed by atoms with Gasteiger partial charge in [0.25, 0.3) is 5.91 Å². The van der Waals surface area contributed by atoms with Crippen molar-refractivity contribution in [2.75, 3.05) is 7.05 Å². The van der Waals surface area contributed by atoms with Crippen LogP contribution in [0.4, 0.5) is 4.39 Å². The van der Waals surface area contributed by atoms with E-state index in [9.17, 15) is 9.18 Å². The third-order valence-corrected chi connectivity index (χ3v) is 3.85. The molecule has 1 amide bonds. The highest BCUT2D eigenvalue weighted by molar-refractivity contribution is 7.12. The molecule has 0 atom stereocenters. The van der Waals surface area contributed by atoms with Crippen LogP contribution in [0, 0.1) is 5.82 Å². The maximum Gasteiger partial charge on any atom is 0.275 e. The van der Waals surface area contributed by atoms with E-state index < -0.39 is 0 Å². The van der Waals surface area contributed by atoms with Gasteiger partial charge in [0.1, 0.15) is 5.82 Å². The largest absolute Gasteiger partial charge is 0.298 e. The fraction of sp³-hybridized carbons (Fsp3) is 0.214. The molecule has 0 aliphatic heterocycles. The standard InChI is InChI=1S/C14H16FN3OS/c1-18(8-10-2-4-12(15)5-3-10)9-11-6-7-20-13(11)14(19)17-16/h2-7H,8-9,16H2,1H3,(H,17,19). The number of nitrogen functional groups attached to an aromatic ring is 1. The number of halogens is 1. The van der Waals surface area contributed by atoms with Crippen LogP contribution in [-0.2, 0) is 13.1 Å². The van der Waals surface area contributed by atoms with Crippen molar-refractivity contribution in [3.05, 3.63) is 57.5 Å². The van der Waals surface area contributed by atoms with E-state index in [0.717, 1.165) is 11.1 Å². The van der Waals surface area contributed by atoms with Crippen molar-refractivity contribution in [2.24, 2.45) is 5.84 Å². The molecule has 0 saturated heterocycles. The van der Waals surface area contributed by atoms with Crippen molar-refractivity contribution in [3.63, 3.8) is 0 Å². The van der Waals surface area contributed by atoms with Crippen LogP contribution in [0.15, 0.2) is 35.7 Å². The number of hydrazine groups is 1. The number of nitrogens with one attached hydrogen (secondary N) is 1. The highest BCUT2D eigenvalue weighted by Crippen LogP contribution is 2.19. The first kappa shape index (κ1) is 14.6. The van der Waals surface area contributed by atoms with Crippen LogP contribution in [-0.4, -0.2) is 17.9 Å². The molecule has 6 heteroatoms. The minimum Gasteiger partial charge on any atom is -0.298 e. The lowest BCUT2D eigenvalue weighted by atomic mass is 10.2. The number of benzene rings is 1. The summed E-state index contributed by atoms with van der Waals surface area (Å²) in [5.74, 6) is 4.65. The number of carbonyl (C=O) groups excluding carboxylic acids is 1. The molecule has 0 radical (unpaired) electrons. The maximum atomic E-state index is 12.8. The van der Waals surface area contributed by atoms with Gasteiger partial charge in [-0.2, -0.15) is 0 Å². The minimum atomic E-state index is -0.273. The van der Waals surface area contributed by atoms with Crippen molar-refractivity contribution in [2.45, 2.75) is 13.1 Å². The SMILES string of the molecule is CN(Cc1ccc(F)cc1)Cc1ccsc1C(=O)NN. The maximum absolute atomic E-state index is 12.8. The first-order valence-electron chi connectivity index (χ1n) is 6.10. The Hall–Kier alpha value is -1.76. The molecule has 0 aliphatic rings. The van der Waals surface area contributed by atoms with Gasteiger partial charge in [-0.3, -0.25) is 15.1 Å². The van der Waals surface area contributed by atoms with Gasteiger partial charge in [-0.05, 0) is 41.8 Å². The van der Waals surface area contributed by atoms with Gasteiger partial charge < -0.3 is 0 Å². The number of nitrogens with zero attached hydrogens (tertiary/aromatic N) is 1. The number of hydrogen-bond acceptors (Lipinski definition) is 4. The molecule has 0 bridgehead atoms. The summed E-state index contributed by atoms with van der Waals surface area (Å²) >= 11 is 1.36. The molecule has 3 N–H and O–H groups in total. The number of carbonyl (C=O) groups is 1. The highest BCUT2D eigenvalue weighted by atomic mass is 32.1. The highest BCUT2D eigenvalue weighted by Gasteiger charge is 2.13. The fourth-order valence-corrected chi connectivity index (χ4v) is 2.79. The van der Waals surface area contributed by atoms with Gasteiger partial charge in [0.05, 0.1) is 4.88 Å². The Labute approximate surface area is 121 Å². The second-order valence-electron chi connectivity index (χ2n) is 4.55. The Bertz CT molecular complexity index is 582. The van der Waals surface area contributed by atoms with Crippen LogP contribution in [0.2, 0.25) is 0 Å². The van der Waals surface area contributed by atoms with Crippen LogP contribution < -0.4 is 11.3 Å². The number of rotatable bonds is 5. The molecule has 4 nitrogen and oxygen atoms in total. The third kappa shape index (κ3) is 3.63. The minimum absolute atomic E-state index is 0.240. The van der Waals surface area contributed by atoms with E-state index in [1.807, 2.05) is 18.5 Å². The molecule has 2 aromatic rings. The van der Waals surface area contributed by atoms with Crippen LogP contribution in [0.3, 0.4) is 0 Å². The van der Waals surface area contributed by atoms with E-state index in [4.69, 9.17) is 5.84 Å². The Balaban J connectivity index is 2.01. The predicted octanol–water partition coefficient (Wildman–Crippen LogP) is 2.12. The zero-order valence-corrected chi connectivity index (χ0v) is 11.9. The summed E-state index contributed by atoms with van der Waals surface area (Å²) in [4.78, 5) is 14.3. The zero-order valence-electron chi connectivity index (χ0n) is 11.1. The quantitative estimate of drug-likeness (QED) is 0.504. The molecule has 0 unspecified atom stereocenters. The lowest BCUT2D eigenvalue weighted by molar-refractivity contribution is 0.0956. The van der Waals surface area contributed by atoms with Crippen LogP contribution in [0.5, 0.6) is 0 Å². The normalized spacial score (nSPS) is 10.8. The van der Waals surface area contributed by atoms with E-state index in [1.165, 1.54) is 23.5 Å². The molecule has 20 heavy (non-hydrogen) atoms. The van der Waals surface area contributed by atoms with Gasteiger partial charge >= 0.3 is 0 Å². The Morgan fingerprint density at radius 2 is 2.00 bits per heavy atom. The van der Waals surface area contributed by atoms with E-state index in [0.29, 0.717) is 18.0 Å². The molecule has 1 heterocycles. The first-order chi connectivity index (χ1) is 9.60. The van der Waals surface area contributed by atoms with Crippen LogP contribution >= 0.6 is 11.3 Å². The van der Waals surface area contributed by atoms with E-state index in [2.05, 4.69) is 10.3 Å². The molecule has 2 rings (SSSR count). The summed E-state index contributed by atoms with van der Waals surface area (Å²) in [7, 11) is 1.95. The summed E-state index contributed by atoms with van der Waals surface area (Å²) in [6, 6.07) is 8.32. The van der Waals surface area contributed by atoms with Gasteiger partial charge in [-0.1, -0.05) is 12.1 Å². The number of amides is 1. The summed E-state index contributed by atoms with van der Waals surface area (Å²) < 4.78 is 12.8. The van der Waals surface area contributed by atoms with Gasteiger partial charge in [0, 0.05) is 13.1 Å². The van der Waals surface area contributed by atoms with E-state index in [-0.39, 0.29) is 11.7 Å². The molecule has 106 valence electrons. The van der Waals surface area contributed by atoms with Crippen LogP contribution in [0.25, 0.3) is 0 Å². The number of nitrogens with two attached hydrogens (primary N) is 1. The second kappa shape index (κ2) is 6.60. The molecular weight excluding hydrogens is 277 g/mol. The Kier molecular flexibility index (Phi) is 4.84. The molecular formula is C14H16FN3OS. The van der Waals surface area contributed by atoms with Crippen molar-refractivity contribution in [1.29, 1.82) is 0 Å². The van der Waals surface area contributed by atoms with E-state index in [1.54, 1.807) is 12.1 Å². The van der Waals surface area contributed by atoms with Crippen molar-refractivity contribution in [1.82, 2.24) is 10.3 Å². The molecule has 0 spiro atoms. The summed E-state index contributed by atoms with van der Waals surface area (Å²) in [6.45, 7) is 1.31. The summed E-state index contributed by atoms with van der Waals surface area (Å²) in [5.41, 5.74) is 4.10. The van der Waals surface area contributed by atoms with Gasteiger partial charge in [0.15, 0.2) is 0 Å². The third-order valence-electron chi connectivity index (χ3n) is 2.89. The van der Waals surface area contributed by atoms with Gasteiger partial charge in [0.2, 0.25) is 0 Å². The van der Waals surface area contributed by atoms with Crippen molar-refractivity contribution in [3.8, 4) is 0 Å². The van der Waals surface area contributed by atoms with Crippen molar-refractivity contribution < 1.29 is 9.18 Å². The molecule has 1 aromatic heterocycles. The molecule has 0 saturated carbocycles. The predicted molar refractivity (Wildman–Crippen MR) is 77.5 cm³/mol. The number of thiophene rings is 1. The van der Waals surface area contributed by atoms with Crippen molar-refractivity contribution >= 4 is 17.2 Å². The molecule has 0 aliphatic carbocycles. The fourth-order valence-electron chi connectivity index (χ4n) is 1.97. The first-order valence-corrected chi connectivity index (χ1v) is 6.98. The second-order valence-corrected chi connectivity index (χ2v) is 5.46. The monoisotopic (exact) mass is 293 g/mol. The van der Waals surface area contributed by atoms with E-state index >= 15 is 0 Å². The zero-order chi connectivity index (χ0) is 14.5. The average Bonchev–Trinajstić information content (AvgIpc) is 2.88. The topological polar surface area (TPSA) is 58.4 Å². The van der Waals surface area contributed by atoms with Gasteiger partial charge in [-0.25, -0.2) is 10.2 Å². The molecule has 1 aromatic carbocycles. The number of hydrogen-bond donors (Lipinski definition) is 2. The van der Waals surface area contributed by atoms with Crippen LogP contribution in [0.1, 0.15) is 20.8 Å². The molecule has 0 fully saturated rings. The summed E-state index contributed by atoms with van der Waals surface area (Å²) in [5, 5.41) is 1.87. The lowest BCUT2D eigenvalue weighted by Crippen LogP contribution is -2.30. The summed E-state index contributed by atoms with van der Waals surface area (Å²) in [6.07, 6.45) is 0. The van der Waals surface area contributed by atoms with Gasteiger partial charge in [-0.15, -0.1) is 11.3 Å². The average molecular weight is 293 g/mol. The Morgan fingerprint density at radius 3 is 2.65 bits per heavy atom. The lowest BCUT2D eigenvalue weighted by Gasteiger charge is -2.16.